The van der Waals surface area contributed by atoms with Gasteiger partial charge in [-0.3, -0.25) is 4.79 Å². The highest BCUT2D eigenvalue weighted by atomic mass is 16.5. The summed E-state index contributed by atoms with van der Waals surface area (Å²) in [5.74, 6) is 2.14. The number of carbonyl (C=O) groups is 1. The maximum Gasteiger partial charge on any atom is 0.165 e. The van der Waals surface area contributed by atoms with E-state index in [-0.39, 0.29) is 11.7 Å². The normalized spacial score (nSPS) is 13.7. The predicted molar refractivity (Wildman–Crippen MR) is 85.6 cm³/mol. The molecule has 0 saturated heterocycles. The summed E-state index contributed by atoms with van der Waals surface area (Å²) in [7, 11) is 1.66. The lowest BCUT2D eigenvalue weighted by atomic mass is 10.0. The molecule has 1 aliphatic carbocycles. The van der Waals surface area contributed by atoms with Crippen molar-refractivity contribution in [3.63, 3.8) is 0 Å². The van der Waals surface area contributed by atoms with E-state index in [4.69, 9.17) is 9.47 Å². The van der Waals surface area contributed by atoms with Gasteiger partial charge in [-0.15, -0.1) is 0 Å². The Hall–Kier alpha value is -2.29. The van der Waals surface area contributed by atoms with Gasteiger partial charge < -0.3 is 9.47 Å². The van der Waals surface area contributed by atoms with Crippen LogP contribution in [0.5, 0.6) is 11.5 Å². The Morgan fingerprint density at radius 1 is 1.14 bits per heavy atom. The molecule has 0 unspecified atom stereocenters. The highest BCUT2D eigenvalue weighted by molar-refractivity contribution is 5.99. The van der Waals surface area contributed by atoms with Crippen molar-refractivity contribution in [3.05, 3.63) is 59.2 Å². The first-order valence-corrected chi connectivity index (χ1v) is 7.58. The molecule has 1 fully saturated rings. The molecule has 2 aromatic carbocycles. The van der Waals surface area contributed by atoms with Crippen molar-refractivity contribution >= 4 is 5.78 Å². The maximum absolute atomic E-state index is 12.1. The Morgan fingerprint density at radius 2 is 1.91 bits per heavy atom. The van der Waals surface area contributed by atoms with Gasteiger partial charge in [0.2, 0.25) is 0 Å². The quantitative estimate of drug-likeness (QED) is 0.750. The fraction of sp³-hybridized carbons (Fsp3) is 0.316. The van der Waals surface area contributed by atoms with Crippen LogP contribution in [-0.2, 0) is 6.61 Å². The zero-order chi connectivity index (χ0) is 15.5. The molecule has 0 aliphatic heterocycles. The Labute approximate surface area is 130 Å². The van der Waals surface area contributed by atoms with Gasteiger partial charge in [-0.05, 0) is 49.6 Å². The third kappa shape index (κ3) is 3.14. The minimum absolute atomic E-state index is 0.250. The first-order valence-electron chi connectivity index (χ1n) is 7.58. The number of benzene rings is 2. The van der Waals surface area contributed by atoms with E-state index in [9.17, 15) is 4.79 Å². The molecule has 0 bridgehead atoms. The summed E-state index contributed by atoms with van der Waals surface area (Å²) in [4.78, 5) is 12.1. The van der Waals surface area contributed by atoms with Crippen LogP contribution >= 0.6 is 0 Å². The fourth-order valence-corrected chi connectivity index (χ4v) is 2.52. The molecule has 0 spiro atoms. The maximum atomic E-state index is 12.1. The number of ether oxygens (including phenoxy) is 2. The molecule has 0 N–H and O–H groups in total. The molecular weight excluding hydrogens is 276 g/mol. The summed E-state index contributed by atoms with van der Waals surface area (Å²) in [6.07, 6.45) is 2.06. The third-order valence-corrected chi connectivity index (χ3v) is 3.98. The summed E-state index contributed by atoms with van der Waals surface area (Å²) in [5, 5.41) is 0. The Balaban J connectivity index is 1.71. The molecule has 3 nitrogen and oxygen atoms in total. The van der Waals surface area contributed by atoms with Gasteiger partial charge in [0.25, 0.3) is 0 Å². The van der Waals surface area contributed by atoms with E-state index >= 15 is 0 Å². The van der Waals surface area contributed by atoms with E-state index in [1.54, 1.807) is 7.11 Å². The lowest BCUT2D eigenvalue weighted by Gasteiger charge is -2.12. The minimum Gasteiger partial charge on any atom is -0.496 e. The van der Waals surface area contributed by atoms with Crippen molar-refractivity contribution < 1.29 is 14.3 Å². The molecule has 0 aromatic heterocycles. The van der Waals surface area contributed by atoms with Gasteiger partial charge in [0.05, 0.1) is 7.11 Å². The van der Waals surface area contributed by atoms with Crippen LogP contribution in [-0.4, -0.2) is 12.9 Å². The van der Waals surface area contributed by atoms with Gasteiger partial charge in [0.1, 0.15) is 18.1 Å². The number of hydrogen-bond acceptors (Lipinski definition) is 3. The summed E-state index contributed by atoms with van der Waals surface area (Å²) >= 11 is 0. The van der Waals surface area contributed by atoms with Crippen molar-refractivity contribution in [3.8, 4) is 11.5 Å². The number of Topliss-reactive ketones (excluding diaryl/α,β-unsaturated/α-hetero) is 1. The fourth-order valence-electron chi connectivity index (χ4n) is 2.52. The van der Waals surface area contributed by atoms with Crippen LogP contribution in [0.3, 0.4) is 0 Å². The third-order valence-electron chi connectivity index (χ3n) is 3.98. The molecule has 0 atom stereocenters. The van der Waals surface area contributed by atoms with Crippen molar-refractivity contribution in [2.45, 2.75) is 26.4 Å². The van der Waals surface area contributed by atoms with Crippen molar-refractivity contribution in [1.82, 2.24) is 0 Å². The van der Waals surface area contributed by atoms with Gasteiger partial charge in [-0.1, -0.05) is 18.2 Å². The molecule has 114 valence electrons. The summed E-state index contributed by atoms with van der Waals surface area (Å²) in [6, 6.07) is 13.5. The highest BCUT2D eigenvalue weighted by Gasteiger charge is 2.30. The number of aryl methyl sites for hydroxylation is 1. The minimum atomic E-state index is 0.250. The molecule has 3 rings (SSSR count). The first kappa shape index (κ1) is 14.6. The smallest absolute Gasteiger partial charge is 0.165 e. The second-order valence-electron chi connectivity index (χ2n) is 5.72. The van der Waals surface area contributed by atoms with Crippen LogP contribution in [0.1, 0.15) is 34.3 Å². The molecular formula is C19H20O3. The van der Waals surface area contributed by atoms with E-state index in [2.05, 4.69) is 0 Å². The van der Waals surface area contributed by atoms with Crippen LogP contribution in [0.4, 0.5) is 0 Å². The van der Waals surface area contributed by atoms with E-state index in [0.717, 1.165) is 41.0 Å². The van der Waals surface area contributed by atoms with Gasteiger partial charge in [-0.25, -0.2) is 0 Å². The number of carbonyl (C=O) groups excluding carboxylic acids is 1. The molecule has 0 radical (unpaired) electrons. The molecule has 0 amide bonds. The SMILES string of the molecule is COc1ccccc1COc1ccc(C(=O)C2CC2)cc1C. The van der Waals surface area contributed by atoms with Crippen molar-refractivity contribution in [2.24, 2.45) is 5.92 Å². The zero-order valence-corrected chi connectivity index (χ0v) is 13.0. The number of ketones is 1. The molecule has 0 heterocycles. The number of para-hydroxylation sites is 1. The lowest BCUT2D eigenvalue weighted by Crippen LogP contribution is -2.03. The van der Waals surface area contributed by atoms with Crippen LogP contribution in [0.2, 0.25) is 0 Å². The number of rotatable bonds is 6. The Morgan fingerprint density at radius 3 is 2.59 bits per heavy atom. The summed E-state index contributed by atoms with van der Waals surface area (Å²) < 4.78 is 11.2. The van der Waals surface area contributed by atoms with E-state index in [0.29, 0.717) is 6.61 Å². The Kier molecular flexibility index (Phi) is 4.14. The topological polar surface area (TPSA) is 35.5 Å². The summed E-state index contributed by atoms with van der Waals surface area (Å²) in [6.45, 7) is 2.42. The van der Waals surface area contributed by atoms with Crippen LogP contribution < -0.4 is 9.47 Å². The average Bonchev–Trinajstić information content (AvgIpc) is 3.38. The summed E-state index contributed by atoms with van der Waals surface area (Å²) in [5.41, 5.74) is 2.79. The largest absolute Gasteiger partial charge is 0.496 e. The molecule has 1 saturated carbocycles. The second-order valence-corrected chi connectivity index (χ2v) is 5.72. The van der Waals surface area contributed by atoms with Gasteiger partial charge in [-0.2, -0.15) is 0 Å². The zero-order valence-electron chi connectivity index (χ0n) is 13.0. The highest BCUT2D eigenvalue weighted by Crippen LogP contribution is 2.33. The first-order chi connectivity index (χ1) is 10.7. The monoisotopic (exact) mass is 296 g/mol. The van der Waals surface area contributed by atoms with Crippen LogP contribution in [0, 0.1) is 12.8 Å². The Bertz CT molecular complexity index is 687. The van der Waals surface area contributed by atoms with Crippen molar-refractivity contribution in [2.75, 3.05) is 7.11 Å². The van der Waals surface area contributed by atoms with Crippen LogP contribution in [0.25, 0.3) is 0 Å². The number of methoxy groups -OCH3 is 1. The van der Waals surface area contributed by atoms with Gasteiger partial charge in [0.15, 0.2) is 5.78 Å². The standard InChI is InChI=1S/C19H20O3/c1-13-11-15(19(20)14-7-8-14)9-10-17(13)22-12-16-5-3-4-6-18(16)21-2/h3-6,9-11,14H,7-8,12H2,1-2H3. The predicted octanol–water partition coefficient (Wildman–Crippen LogP) is 4.18. The molecule has 2 aromatic rings. The van der Waals surface area contributed by atoms with Crippen molar-refractivity contribution in [1.29, 1.82) is 0 Å². The second kappa shape index (κ2) is 6.22. The van der Waals surface area contributed by atoms with Gasteiger partial charge in [0, 0.05) is 17.0 Å². The molecule has 22 heavy (non-hydrogen) atoms. The van der Waals surface area contributed by atoms with E-state index in [1.165, 1.54) is 0 Å². The molecule has 1 aliphatic rings. The number of hydrogen-bond donors (Lipinski definition) is 0. The molecule has 3 heteroatoms. The van der Waals surface area contributed by atoms with Gasteiger partial charge >= 0.3 is 0 Å². The lowest BCUT2D eigenvalue weighted by molar-refractivity contribution is 0.0967. The van der Waals surface area contributed by atoms with E-state index < -0.39 is 0 Å². The van der Waals surface area contributed by atoms with E-state index in [1.807, 2.05) is 49.4 Å². The average molecular weight is 296 g/mol. The van der Waals surface area contributed by atoms with Crippen LogP contribution in [0.15, 0.2) is 42.5 Å².